The topological polar surface area (TPSA) is 85.5 Å². The third-order valence-corrected chi connectivity index (χ3v) is 2.84. The van der Waals surface area contributed by atoms with E-state index >= 15 is 0 Å². The molecule has 6 nitrogen and oxygen atoms in total. The van der Waals surface area contributed by atoms with E-state index in [0.717, 1.165) is 0 Å². The monoisotopic (exact) mass is 262 g/mol. The zero-order chi connectivity index (χ0) is 14.0. The fourth-order valence-corrected chi connectivity index (χ4v) is 1.52. The highest BCUT2D eigenvalue weighted by Crippen LogP contribution is 2.27. The smallest absolute Gasteiger partial charge is 0.336 e. The van der Waals surface area contributed by atoms with Crippen molar-refractivity contribution in [1.29, 1.82) is 0 Å². The van der Waals surface area contributed by atoms with E-state index in [0.29, 0.717) is 11.5 Å². The number of methoxy groups -OCH3 is 1. The zero-order valence-electron chi connectivity index (χ0n) is 10.9. The number of benzene rings is 1. The number of nitrogens with zero attached hydrogens (tertiary/aromatic N) is 2. The second-order valence-electron chi connectivity index (χ2n) is 4.48. The highest BCUT2D eigenvalue weighted by Gasteiger charge is 2.27. The van der Waals surface area contributed by atoms with Crippen LogP contribution in [-0.4, -0.2) is 28.4 Å². The van der Waals surface area contributed by atoms with Crippen molar-refractivity contribution in [3.63, 3.8) is 0 Å². The average Bonchev–Trinajstić information content (AvgIpc) is 2.89. The fraction of sp³-hybridized carbons (Fsp3) is 0.308. The molecule has 1 aromatic carbocycles. The molecule has 0 aliphatic heterocycles. The number of carboxylic acids is 1. The Labute approximate surface area is 110 Å². The van der Waals surface area contributed by atoms with Gasteiger partial charge in [0.1, 0.15) is 5.60 Å². The van der Waals surface area contributed by atoms with Crippen LogP contribution < -0.4 is 0 Å². The van der Waals surface area contributed by atoms with Crippen LogP contribution in [0.25, 0.3) is 11.5 Å². The Bertz CT molecular complexity index is 604. The lowest BCUT2D eigenvalue weighted by Gasteiger charge is -2.17. The molecule has 1 aromatic heterocycles. The molecule has 0 amide bonds. The van der Waals surface area contributed by atoms with Gasteiger partial charge in [-0.3, -0.25) is 0 Å². The van der Waals surface area contributed by atoms with Crippen LogP contribution in [0.5, 0.6) is 0 Å². The molecule has 0 aliphatic rings. The van der Waals surface area contributed by atoms with Gasteiger partial charge in [-0.1, -0.05) is 12.1 Å². The number of hydrogen-bond donors (Lipinski definition) is 1. The summed E-state index contributed by atoms with van der Waals surface area (Å²) in [7, 11) is 1.54. The first kappa shape index (κ1) is 13.2. The molecular formula is C13H14N2O4. The summed E-state index contributed by atoms with van der Waals surface area (Å²) in [6.07, 6.45) is 0. The quantitative estimate of drug-likeness (QED) is 0.910. The van der Waals surface area contributed by atoms with Crippen LogP contribution in [0.3, 0.4) is 0 Å². The summed E-state index contributed by atoms with van der Waals surface area (Å²) < 4.78 is 10.7. The number of hydrogen-bond acceptors (Lipinski definition) is 5. The summed E-state index contributed by atoms with van der Waals surface area (Å²) in [4.78, 5) is 11.1. The predicted octanol–water partition coefficient (Wildman–Crippen LogP) is 2.32. The van der Waals surface area contributed by atoms with Crippen LogP contribution in [-0.2, 0) is 10.3 Å². The molecule has 0 aliphatic carbocycles. The highest BCUT2D eigenvalue weighted by atomic mass is 16.5. The van der Waals surface area contributed by atoms with Gasteiger partial charge in [0.25, 0.3) is 0 Å². The Kier molecular flexibility index (Phi) is 3.35. The maximum Gasteiger partial charge on any atom is 0.336 e. The number of carbonyl (C=O) groups is 1. The predicted molar refractivity (Wildman–Crippen MR) is 66.7 cm³/mol. The molecule has 0 saturated heterocycles. The largest absolute Gasteiger partial charge is 0.478 e. The summed E-state index contributed by atoms with van der Waals surface area (Å²) in [5, 5.41) is 16.9. The molecule has 2 rings (SSSR count). The van der Waals surface area contributed by atoms with Gasteiger partial charge in [0.15, 0.2) is 0 Å². The molecule has 0 fully saturated rings. The number of rotatable bonds is 4. The summed E-state index contributed by atoms with van der Waals surface area (Å²) in [5.41, 5.74) is -0.211. The van der Waals surface area contributed by atoms with Crippen LogP contribution >= 0.6 is 0 Å². The van der Waals surface area contributed by atoms with Crippen molar-refractivity contribution < 1.29 is 19.1 Å². The summed E-state index contributed by atoms with van der Waals surface area (Å²) in [6.45, 7) is 3.57. The van der Waals surface area contributed by atoms with Crippen LogP contribution in [0.4, 0.5) is 0 Å². The Morgan fingerprint density at radius 2 is 2.00 bits per heavy atom. The molecule has 0 atom stereocenters. The molecule has 6 heteroatoms. The first-order chi connectivity index (χ1) is 8.95. The van der Waals surface area contributed by atoms with Gasteiger partial charge in [-0.2, -0.15) is 0 Å². The molecule has 100 valence electrons. The third-order valence-electron chi connectivity index (χ3n) is 2.84. The fourth-order valence-electron chi connectivity index (χ4n) is 1.52. The van der Waals surface area contributed by atoms with Crippen molar-refractivity contribution in [2.45, 2.75) is 19.4 Å². The molecular weight excluding hydrogens is 248 g/mol. The van der Waals surface area contributed by atoms with E-state index in [1.165, 1.54) is 13.2 Å². The van der Waals surface area contributed by atoms with Gasteiger partial charge in [-0.15, -0.1) is 10.2 Å². The molecule has 0 bridgehead atoms. The van der Waals surface area contributed by atoms with Gasteiger partial charge in [-0.05, 0) is 26.0 Å². The molecule has 0 spiro atoms. The van der Waals surface area contributed by atoms with E-state index in [4.69, 9.17) is 14.3 Å². The lowest BCUT2D eigenvalue weighted by atomic mass is 10.1. The minimum atomic E-state index is -1.04. The summed E-state index contributed by atoms with van der Waals surface area (Å²) in [5.74, 6) is -0.579. The lowest BCUT2D eigenvalue weighted by Crippen LogP contribution is -2.19. The Balaban J connectivity index is 2.47. The van der Waals surface area contributed by atoms with Crippen LogP contribution in [0.1, 0.15) is 30.1 Å². The molecule has 19 heavy (non-hydrogen) atoms. The number of carboxylic acid groups (broad SMARTS) is 1. The van der Waals surface area contributed by atoms with Crippen molar-refractivity contribution in [1.82, 2.24) is 10.2 Å². The minimum Gasteiger partial charge on any atom is -0.478 e. The second kappa shape index (κ2) is 4.81. The van der Waals surface area contributed by atoms with E-state index in [1.807, 2.05) is 0 Å². The van der Waals surface area contributed by atoms with Crippen molar-refractivity contribution in [3.05, 3.63) is 35.7 Å². The van der Waals surface area contributed by atoms with Crippen molar-refractivity contribution >= 4 is 5.97 Å². The zero-order valence-corrected chi connectivity index (χ0v) is 10.9. The minimum absolute atomic E-state index is 0.118. The molecule has 0 saturated carbocycles. The van der Waals surface area contributed by atoms with Gasteiger partial charge in [0.05, 0.1) is 11.1 Å². The summed E-state index contributed by atoms with van der Waals surface area (Å²) >= 11 is 0. The van der Waals surface area contributed by atoms with Crippen molar-refractivity contribution in [2.24, 2.45) is 0 Å². The van der Waals surface area contributed by atoms with Gasteiger partial charge >= 0.3 is 5.97 Å². The molecule has 0 unspecified atom stereocenters. The van der Waals surface area contributed by atoms with Crippen molar-refractivity contribution in [3.8, 4) is 11.5 Å². The number of aromatic nitrogens is 2. The number of aromatic carboxylic acids is 1. The first-order valence-corrected chi connectivity index (χ1v) is 5.67. The molecule has 2 aromatic rings. The molecule has 0 radical (unpaired) electrons. The molecule has 1 heterocycles. The Morgan fingerprint density at radius 3 is 2.63 bits per heavy atom. The normalized spacial score (nSPS) is 11.5. The SMILES string of the molecule is COC(C)(C)c1nnc(-c2ccccc2C(=O)O)o1. The van der Waals surface area contributed by atoms with Gasteiger partial charge < -0.3 is 14.3 Å². The Morgan fingerprint density at radius 1 is 1.32 bits per heavy atom. The van der Waals surface area contributed by atoms with Gasteiger partial charge in [0, 0.05) is 7.11 Å². The van der Waals surface area contributed by atoms with E-state index < -0.39 is 11.6 Å². The number of ether oxygens (including phenoxy) is 1. The maximum absolute atomic E-state index is 11.1. The van der Waals surface area contributed by atoms with Crippen LogP contribution in [0.2, 0.25) is 0 Å². The maximum atomic E-state index is 11.1. The van der Waals surface area contributed by atoms with E-state index in [-0.39, 0.29) is 11.5 Å². The first-order valence-electron chi connectivity index (χ1n) is 5.67. The average molecular weight is 262 g/mol. The van der Waals surface area contributed by atoms with E-state index in [9.17, 15) is 4.79 Å². The second-order valence-corrected chi connectivity index (χ2v) is 4.48. The third kappa shape index (κ3) is 2.48. The lowest BCUT2D eigenvalue weighted by molar-refractivity contribution is -0.00338. The van der Waals surface area contributed by atoms with E-state index in [2.05, 4.69) is 10.2 Å². The highest BCUT2D eigenvalue weighted by molar-refractivity contribution is 5.94. The van der Waals surface area contributed by atoms with Crippen LogP contribution in [0, 0.1) is 0 Å². The summed E-state index contributed by atoms with van der Waals surface area (Å²) in [6, 6.07) is 6.47. The van der Waals surface area contributed by atoms with Gasteiger partial charge in [-0.25, -0.2) is 4.79 Å². The standard InChI is InChI=1S/C13H14N2O4/c1-13(2,18-3)12-15-14-10(19-12)8-6-4-5-7-9(8)11(16)17/h4-7H,1-3H3,(H,16,17). The van der Waals surface area contributed by atoms with Crippen molar-refractivity contribution in [2.75, 3.05) is 7.11 Å². The Hall–Kier alpha value is -2.21. The van der Waals surface area contributed by atoms with Gasteiger partial charge in [0.2, 0.25) is 11.8 Å². The van der Waals surface area contributed by atoms with Crippen LogP contribution in [0.15, 0.2) is 28.7 Å². The van der Waals surface area contributed by atoms with E-state index in [1.54, 1.807) is 32.0 Å². The molecule has 1 N–H and O–H groups in total.